The van der Waals surface area contributed by atoms with E-state index in [2.05, 4.69) is 223 Å². The number of ether oxygens (including phenoxy) is 1. The number of benzene rings is 10. The minimum absolute atomic E-state index is 0.839. The molecule has 2 heterocycles. The van der Waals surface area contributed by atoms with Crippen LogP contribution >= 0.6 is 11.3 Å². The molecule has 1 aromatic heterocycles. The second-order valence-electron chi connectivity index (χ2n) is 16.4. The molecule has 0 amide bonds. The number of nitrogens with zero attached hydrogens (tertiary/aromatic N) is 1. The molecule has 1 aliphatic rings. The highest BCUT2D eigenvalue weighted by Gasteiger charge is 2.23. The minimum atomic E-state index is 0.839. The molecule has 1 aliphatic heterocycles. The number of fused-ring (bicyclic) bond motifs is 18. The fourth-order valence-corrected chi connectivity index (χ4v) is 11.2. The molecule has 0 spiro atoms. The van der Waals surface area contributed by atoms with Crippen molar-refractivity contribution < 1.29 is 4.74 Å². The Hall–Kier alpha value is -7.98. The van der Waals surface area contributed by atoms with Crippen molar-refractivity contribution in [3.05, 3.63) is 224 Å². The third kappa shape index (κ3) is 5.71. The predicted molar refractivity (Wildman–Crippen MR) is 270 cm³/mol. The van der Waals surface area contributed by atoms with Crippen LogP contribution in [0.3, 0.4) is 0 Å². The van der Waals surface area contributed by atoms with Crippen molar-refractivity contribution in [1.29, 1.82) is 0 Å². The van der Waals surface area contributed by atoms with E-state index in [1.807, 2.05) is 17.4 Å². The lowest BCUT2D eigenvalue weighted by Crippen LogP contribution is -2.10. The van der Waals surface area contributed by atoms with Gasteiger partial charge in [0.1, 0.15) is 11.5 Å². The van der Waals surface area contributed by atoms with Crippen molar-refractivity contribution in [2.45, 2.75) is 0 Å². The van der Waals surface area contributed by atoms with Gasteiger partial charge in [0.05, 0.1) is 0 Å². The number of anilines is 3. The van der Waals surface area contributed by atoms with Gasteiger partial charge < -0.3 is 9.64 Å². The first-order valence-electron chi connectivity index (χ1n) is 21.5. The molecule has 3 heteroatoms. The Bertz CT molecular complexity index is 3900. The van der Waals surface area contributed by atoms with E-state index >= 15 is 0 Å². The van der Waals surface area contributed by atoms with Gasteiger partial charge >= 0.3 is 0 Å². The van der Waals surface area contributed by atoms with Crippen molar-refractivity contribution in [3.63, 3.8) is 0 Å². The smallest absolute Gasteiger partial charge is 0.135 e. The van der Waals surface area contributed by atoms with Crippen molar-refractivity contribution in [2.24, 2.45) is 0 Å². The first kappa shape index (κ1) is 35.7. The van der Waals surface area contributed by atoms with Gasteiger partial charge in [-0.1, -0.05) is 158 Å². The molecule has 0 bridgehead atoms. The average Bonchev–Trinajstić information content (AvgIpc) is 3.65. The molecule has 0 radical (unpaired) electrons. The summed E-state index contributed by atoms with van der Waals surface area (Å²) in [5, 5.41) is 14.7. The molecule has 0 fully saturated rings. The molecule has 0 unspecified atom stereocenters. The summed E-state index contributed by atoms with van der Waals surface area (Å²) in [5.74, 6) is 1.70. The lowest BCUT2D eigenvalue weighted by molar-refractivity contribution is 0.488. The standard InChI is InChI=1S/C60H37NOS/c1-2-16-38(17-3-1)61(40-31-33-58-55(35-40)48-25-11-8-22-45(48)50-26-12-14-28-57(50)62-58)39-30-32-49-52(34-39)46-23-9-6-20-43(46)41-18-4-5-19-42(41)44-21-7-10-24-47(44)54-37-60-56(36-53(49)54)51-27-13-15-29-59(51)63-60/h1-37H. The Labute approximate surface area is 368 Å². The van der Waals surface area contributed by atoms with Crippen LogP contribution in [0.15, 0.2) is 224 Å². The van der Waals surface area contributed by atoms with Crippen molar-refractivity contribution in [2.75, 3.05) is 4.90 Å². The van der Waals surface area contributed by atoms with Crippen molar-refractivity contribution in [1.82, 2.24) is 0 Å². The van der Waals surface area contributed by atoms with Crippen LogP contribution in [-0.2, 0) is 0 Å². The predicted octanol–water partition coefficient (Wildman–Crippen LogP) is 17.9. The molecule has 0 atom stereocenters. The van der Waals surface area contributed by atoms with Gasteiger partial charge in [-0.05, 0) is 132 Å². The first-order chi connectivity index (χ1) is 31.2. The minimum Gasteiger partial charge on any atom is -0.456 e. The Balaban J connectivity index is 1.16. The zero-order valence-corrected chi connectivity index (χ0v) is 34.9. The first-order valence-corrected chi connectivity index (χ1v) is 22.3. The summed E-state index contributed by atoms with van der Waals surface area (Å²) in [5.41, 5.74) is 7.64. The lowest BCUT2D eigenvalue weighted by Gasteiger charge is -2.27. The monoisotopic (exact) mass is 819 g/mol. The second kappa shape index (κ2) is 14.3. The maximum absolute atomic E-state index is 6.71. The van der Waals surface area contributed by atoms with E-state index in [-0.39, 0.29) is 0 Å². The number of para-hydroxylation sites is 2. The normalized spacial score (nSPS) is 11.9. The molecule has 11 aromatic carbocycles. The molecule has 12 aromatic rings. The molecule has 294 valence electrons. The van der Waals surface area contributed by atoms with Gasteiger partial charge in [-0.15, -0.1) is 11.3 Å². The van der Waals surface area contributed by atoms with Crippen molar-refractivity contribution in [3.8, 4) is 33.8 Å². The zero-order valence-electron chi connectivity index (χ0n) is 34.1. The van der Waals surface area contributed by atoms with E-state index in [9.17, 15) is 0 Å². The van der Waals surface area contributed by atoms with Crippen LogP contribution in [0.2, 0.25) is 0 Å². The van der Waals surface area contributed by atoms with E-state index in [1.165, 1.54) is 74.0 Å². The van der Waals surface area contributed by atoms with Gasteiger partial charge in [0.2, 0.25) is 0 Å². The van der Waals surface area contributed by atoms with E-state index < -0.39 is 0 Å². The van der Waals surface area contributed by atoms with Gasteiger partial charge in [-0.2, -0.15) is 0 Å². The third-order valence-electron chi connectivity index (χ3n) is 12.9. The van der Waals surface area contributed by atoms with Gasteiger partial charge in [-0.3, -0.25) is 0 Å². The molecular formula is C60H37NOS. The largest absolute Gasteiger partial charge is 0.456 e. The number of thiophene rings is 1. The molecule has 63 heavy (non-hydrogen) atoms. The Kier molecular flexibility index (Phi) is 8.12. The second-order valence-corrected chi connectivity index (χ2v) is 17.4. The van der Waals surface area contributed by atoms with E-state index in [1.54, 1.807) is 0 Å². The van der Waals surface area contributed by atoms with E-state index in [0.29, 0.717) is 0 Å². The lowest BCUT2D eigenvalue weighted by atomic mass is 9.93. The Morgan fingerprint density at radius 1 is 0.254 bits per heavy atom. The summed E-state index contributed by atoms with van der Waals surface area (Å²) in [6.07, 6.45) is 0. The Morgan fingerprint density at radius 3 is 1.40 bits per heavy atom. The zero-order chi connectivity index (χ0) is 41.4. The van der Waals surface area contributed by atoms with Crippen LogP contribution in [0.5, 0.6) is 11.5 Å². The fraction of sp³-hybridized carbons (Fsp3) is 0. The van der Waals surface area contributed by atoms with Gasteiger partial charge in [0.15, 0.2) is 0 Å². The number of rotatable bonds is 3. The summed E-state index contributed by atoms with van der Waals surface area (Å²) in [6, 6.07) is 82.0. The quantitative estimate of drug-likeness (QED) is 0.176. The van der Waals surface area contributed by atoms with Crippen LogP contribution in [0.1, 0.15) is 0 Å². The van der Waals surface area contributed by atoms with Crippen LogP contribution in [-0.4, -0.2) is 0 Å². The summed E-state index contributed by atoms with van der Waals surface area (Å²) >= 11 is 1.88. The molecule has 0 aliphatic carbocycles. The van der Waals surface area contributed by atoms with Crippen LogP contribution in [0, 0.1) is 0 Å². The summed E-state index contributed by atoms with van der Waals surface area (Å²) in [7, 11) is 0. The van der Waals surface area contributed by atoms with Gasteiger partial charge in [0, 0.05) is 48.4 Å². The Morgan fingerprint density at radius 2 is 0.714 bits per heavy atom. The molecule has 0 N–H and O–H groups in total. The number of hydrogen-bond acceptors (Lipinski definition) is 3. The maximum Gasteiger partial charge on any atom is 0.135 e. The summed E-state index contributed by atoms with van der Waals surface area (Å²) < 4.78 is 9.31. The van der Waals surface area contributed by atoms with Gasteiger partial charge in [0.25, 0.3) is 0 Å². The molecule has 13 rings (SSSR count). The average molecular weight is 820 g/mol. The highest BCUT2D eigenvalue weighted by molar-refractivity contribution is 7.25. The van der Waals surface area contributed by atoms with E-state index in [0.717, 1.165) is 50.8 Å². The summed E-state index contributed by atoms with van der Waals surface area (Å²) in [6.45, 7) is 0. The van der Waals surface area contributed by atoms with Crippen LogP contribution in [0.4, 0.5) is 17.1 Å². The number of hydrogen-bond donors (Lipinski definition) is 0. The highest BCUT2D eigenvalue weighted by Crippen LogP contribution is 2.49. The molecular weight excluding hydrogens is 783 g/mol. The van der Waals surface area contributed by atoms with E-state index in [4.69, 9.17) is 4.74 Å². The van der Waals surface area contributed by atoms with Crippen LogP contribution < -0.4 is 9.64 Å². The summed E-state index contributed by atoms with van der Waals surface area (Å²) in [4.78, 5) is 2.39. The topological polar surface area (TPSA) is 12.5 Å². The van der Waals surface area contributed by atoms with Crippen LogP contribution in [0.25, 0.3) is 96.3 Å². The van der Waals surface area contributed by atoms with Crippen molar-refractivity contribution >= 4 is 102 Å². The molecule has 0 saturated carbocycles. The molecule has 2 nitrogen and oxygen atoms in total. The van der Waals surface area contributed by atoms with Gasteiger partial charge in [-0.25, -0.2) is 0 Å². The fourth-order valence-electron chi connectivity index (χ4n) is 10.0. The SMILES string of the molecule is c1ccc(N(c2ccc3c(c2)-c2ccccc2-c2ccccc2O3)c2ccc3c(c2)c2ccccc2c2ccccc2c2ccccc2c2cc4sc5ccccc5c4cc32)cc1. The maximum atomic E-state index is 6.71. The third-order valence-corrected chi connectivity index (χ3v) is 14.0. The molecule has 0 saturated heterocycles. The highest BCUT2D eigenvalue weighted by atomic mass is 32.1.